The highest BCUT2D eigenvalue weighted by atomic mass is 16.3. The van der Waals surface area contributed by atoms with Gasteiger partial charge in [0.05, 0.1) is 0 Å². The predicted octanol–water partition coefficient (Wildman–Crippen LogP) is 14.6. The van der Waals surface area contributed by atoms with E-state index in [0.29, 0.717) is 0 Å². The monoisotopic (exact) mass is 668 g/mol. The number of para-hydroxylation sites is 2. The van der Waals surface area contributed by atoms with Crippen molar-refractivity contribution in [2.75, 3.05) is 0 Å². The van der Waals surface area contributed by atoms with Gasteiger partial charge in [-0.25, -0.2) is 0 Å². The summed E-state index contributed by atoms with van der Waals surface area (Å²) in [6.07, 6.45) is 0. The maximum atomic E-state index is 7.02. The quantitative estimate of drug-likeness (QED) is 0.187. The number of hydrogen-bond donors (Lipinski definition) is 0. The molecule has 52 heavy (non-hydrogen) atoms. The van der Waals surface area contributed by atoms with Crippen LogP contribution in [0.3, 0.4) is 0 Å². The van der Waals surface area contributed by atoms with Gasteiger partial charge in [-0.1, -0.05) is 154 Å². The van der Waals surface area contributed by atoms with Crippen LogP contribution in [-0.4, -0.2) is 0 Å². The molecular formula is C50H36O2. The van der Waals surface area contributed by atoms with E-state index in [-0.39, 0.29) is 5.41 Å². The number of hydrogen-bond acceptors (Lipinski definition) is 2. The molecule has 2 heterocycles. The molecule has 2 aromatic heterocycles. The summed E-state index contributed by atoms with van der Waals surface area (Å²) in [5.41, 5.74) is 14.0. The molecule has 0 radical (unpaired) electrons. The Labute approximate surface area is 302 Å². The first-order valence-corrected chi connectivity index (χ1v) is 18.0. The fraction of sp³-hybridized carbons (Fsp3) is 0.0800. The molecule has 248 valence electrons. The summed E-state index contributed by atoms with van der Waals surface area (Å²) in [5.74, 6) is 0. The lowest BCUT2D eigenvalue weighted by atomic mass is 9.84. The van der Waals surface area contributed by atoms with Gasteiger partial charge in [0.2, 0.25) is 0 Å². The second kappa shape index (κ2) is 11.6. The molecule has 0 N–H and O–H groups in total. The molecule has 0 saturated heterocycles. The molecule has 0 saturated carbocycles. The van der Waals surface area contributed by atoms with E-state index >= 15 is 0 Å². The van der Waals surface area contributed by atoms with Gasteiger partial charge in [-0.3, -0.25) is 0 Å². The van der Waals surface area contributed by atoms with Crippen molar-refractivity contribution in [3.63, 3.8) is 0 Å². The minimum atomic E-state index is -0.0667. The minimum Gasteiger partial charge on any atom is -0.456 e. The Balaban J connectivity index is 1.36. The van der Waals surface area contributed by atoms with Gasteiger partial charge in [-0.2, -0.15) is 0 Å². The molecule has 0 unspecified atom stereocenters. The van der Waals surface area contributed by atoms with Crippen molar-refractivity contribution in [3.8, 4) is 44.5 Å². The SMILES string of the molecule is CC(C)(C)c1cccc2c1oc1cccc(-c3c4ccccc4c(-c4cc(-c5ccccc5)cc(-c5ccccc5)c4)c4oc5ccccc5c34)c12. The summed E-state index contributed by atoms with van der Waals surface area (Å²) in [4.78, 5) is 0. The highest BCUT2D eigenvalue weighted by Crippen LogP contribution is 2.51. The Kier molecular flexibility index (Phi) is 6.78. The van der Waals surface area contributed by atoms with E-state index in [4.69, 9.17) is 8.83 Å². The van der Waals surface area contributed by atoms with E-state index in [0.717, 1.165) is 71.5 Å². The zero-order chi connectivity index (χ0) is 35.0. The number of benzene rings is 8. The van der Waals surface area contributed by atoms with Crippen molar-refractivity contribution in [3.05, 3.63) is 169 Å². The maximum Gasteiger partial charge on any atom is 0.144 e. The van der Waals surface area contributed by atoms with Crippen molar-refractivity contribution in [2.45, 2.75) is 26.2 Å². The second-order valence-electron chi connectivity index (χ2n) is 14.8. The van der Waals surface area contributed by atoms with Gasteiger partial charge in [-0.15, -0.1) is 0 Å². The smallest absolute Gasteiger partial charge is 0.144 e. The van der Waals surface area contributed by atoms with Crippen LogP contribution in [0.1, 0.15) is 26.3 Å². The molecule has 0 aliphatic heterocycles. The van der Waals surface area contributed by atoms with Crippen LogP contribution in [0.5, 0.6) is 0 Å². The summed E-state index contributed by atoms with van der Waals surface area (Å²) in [7, 11) is 0. The second-order valence-corrected chi connectivity index (χ2v) is 14.8. The Morgan fingerprint density at radius 3 is 1.56 bits per heavy atom. The maximum absolute atomic E-state index is 7.02. The number of furan rings is 2. The first kappa shape index (κ1) is 30.4. The van der Waals surface area contributed by atoms with E-state index in [1.54, 1.807) is 0 Å². The third-order valence-corrected chi connectivity index (χ3v) is 10.6. The van der Waals surface area contributed by atoms with Crippen LogP contribution >= 0.6 is 0 Å². The van der Waals surface area contributed by atoms with E-state index in [1.807, 2.05) is 0 Å². The van der Waals surface area contributed by atoms with Gasteiger partial charge >= 0.3 is 0 Å². The molecule has 0 fully saturated rings. The number of fused-ring (bicyclic) bond motifs is 7. The van der Waals surface area contributed by atoms with Gasteiger partial charge in [0.15, 0.2) is 0 Å². The summed E-state index contributed by atoms with van der Waals surface area (Å²) < 4.78 is 13.8. The average Bonchev–Trinajstić information content (AvgIpc) is 3.76. The third-order valence-electron chi connectivity index (χ3n) is 10.6. The molecule has 0 aliphatic rings. The lowest BCUT2D eigenvalue weighted by Crippen LogP contribution is -2.10. The topological polar surface area (TPSA) is 26.3 Å². The van der Waals surface area contributed by atoms with Crippen molar-refractivity contribution in [1.82, 2.24) is 0 Å². The highest BCUT2D eigenvalue weighted by Gasteiger charge is 2.26. The van der Waals surface area contributed by atoms with E-state index < -0.39 is 0 Å². The zero-order valence-corrected chi connectivity index (χ0v) is 29.4. The largest absolute Gasteiger partial charge is 0.456 e. The van der Waals surface area contributed by atoms with Crippen LogP contribution in [0.2, 0.25) is 0 Å². The molecule has 2 nitrogen and oxygen atoms in total. The van der Waals surface area contributed by atoms with Crippen molar-refractivity contribution in [1.29, 1.82) is 0 Å². The number of rotatable bonds is 4. The molecule has 10 aromatic rings. The molecule has 10 rings (SSSR count). The van der Waals surface area contributed by atoms with Crippen molar-refractivity contribution < 1.29 is 8.83 Å². The lowest BCUT2D eigenvalue weighted by Gasteiger charge is -2.19. The lowest BCUT2D eigenvalue weighted by molar-refractivity contribution is 0.573. The molecule has 0 amide bonds. The molecule has 8 aromatic carbocycles. The molecule has 0 bridgehead atoms. The standard InChI is InChI=1S/C50H36O2/c1-50(2,3)41-25-14-24-40-45-39(23-15-27-43(45)52-48(40)41)46-37-21-11-10-20-36(37)44(49-47(46)38-22-12-13-26-42(38)51-49)35-29-33(31-16-6-4-7-17-31)28-34(30-35)32-18-8-5-9-19-32/h4-30H,1-3H3. The van der Waals surface area contributed by atoms with E-state index in [1.165, 1.54) is 33.2 Å². The van der Waals surface area contributed by atoms with Crippen LogP contribution in [0.25, 0.3) is 99.2 Å². The van der Waals surface area contributed by atoms with Gasteiger partial charge in [-0.05, 0) is 79.9 Å². The molecule has 2 heteroatoms. The zero-order valence-electron chi connectivity index (χ0n) is 29.4. The van der Waals surface area contributed by atoms with Gasteiger partial charge in [0.1, 0.15) is 22.3 Å². The first-order chi connectivity index (χ1) is 25.4. The van der Waals surface area contributed by atoms with Crippen LogP contribution in [0.15, 0.2) is 173 Å². The first-order valence-electron chi connectivity index (χ1n) is 18.0. The summed E-state index contributed by atoms with van der Waals surface area (Å²) >= 11 is 0. The minimum absolute atomic E-state index is 0.0667. The molecule has 0 aliphatic carbocycles. The molecule has 0 atom stereocenters. The Morgan fingerprint density at radius 2 is 0.885 bits per heavy atom. The van der Waals surface area contributed by atoms with Crippen LogP contribution in [0, 0.1) is 0 Å². The molecule has 0 spiro atoms. The summed E-state index contributed by atoms with van der Waals surface area (Å²) in [6, 6.07) is 58.6. The van der Waals surface area contributed by atoms with Crippen LogP contribution in [-0.2, 0) is 5.41 Å². The summed E-state index contributed by atoms with van der Waals surface area (Å²) in [6.45, 7) is 6.75. The van der Waals surface area contributed by atoms with E-state index in [2.05, 4.69) is 185 Å². The third kappa shape index (κ3) is 4.72. The average molecular weight is 669 g/mol. The van der Waals surface area contributed by atoms with Gasteiger partial charge in [0.25, 0.3) is 0 Å². The van der Waals surface area contributed by atoms with Crippen molar-refractivity contribution in [2.24, 2.45) is 0 Å². The summed E-state index contributed by atoms with van der Waals surface area (Å²) in [5, 5.41) is 6.80. The van der Waals surface area contributed by atoms with Crippen molar-refractivity contribution >= 4 is 54.6 Å². The Hall–Kier alpha value is -6.38. The van der Waals surface area contributed by atoms with Crippen LogP contribution < -0.4 is 0 Å². The molecular weight excluding hydrogens is 633 g/mol. The van der Waals surface area contributed by atoms with Crippen LogP contribution in [0.4, 0.5) is 0 Å². The van der Waals surface area contributed by atoms with Gasteiger partial charge < -0.3 is 8.83 Å². The normalized spacial score (nSPS) is 12.1. The fourth-order valence-corrected chi connectivity index (χ4v) is 8.23. The Morgan fingerprint density at radius 1 is 0.365 bits per heavy atom. The fourth-order valence-electron chi connectivity index (χ4n) is 8.23. The van der Waals surface area contributed by atoms with Gasteiger partial charge in [0, 0.05) is 38.2 Å². The van der Waals surface area contributed by atoms with E-state index in [9.17, 15) is 0 Å². The predicted molar refractivity (Wildman–Crippen MR) is 219 cm³/mol. The highest BCUT2D eigenvalue weighted by molar-refractivity contribution is 6.29. The Bertz CT molecular complexity index is 2910.